The lowest BCUT2D eigenvalue weighted by Gasteiger charge is -2.45. The van der Waals surface area contributed by atoms with Crippen LogP contribution in [0.5, 0.6) is 5.75 Å². The quantitative estimate of drug-likeness (QED) is 0.364. The van der Waals surface area contributed by atoms with Gasteiger partial charge in [0.25, 0.3) is 0 Å². The van der Waals surface area contributed by atoms with E-state index in [9.17, 15) is 28.3 Å². The minimum absolute atomic E-state index is 0.0135. The van der Waals surface area contributed by atoms with Crippen LogP contribution in [0.3, 0.4) is 0 Å². The van der Waals surface area contributed by atoms with E-state index >= 15 is 0 Å². The minimum atomic E-state index is -1.19. The van der Waals surface area contributed by atoms with Crippen molar-refractivity contribution in [2.45, 2.75) is 64.5 Å². The fourth-order valence-corrected chi connectivity index (χ4v) is 7.16. The third-order valence-corrected chi connectivity index (χ3v) is 9.74. The molecule has 1 unspecified atom stereocenters. The van der Waals surface area contributed by atoms with Gasteiger partial charge in [-0.2, -0.15) is 4.39 Å². The van der Waals surface area contributed by atoms with Gasteiger partial charge in [0.2, 0.25) is 23.2 Å². The van der Waals surface area contributed by atoms with Crippen molar-refractivity contribution in [1.82, 2.24) is 15.0 Å². The van der Waals surface area contributed by atoms with Crippen LogP contribution < -0.4 is 4.74 Å². The summed E-state index contributed by atoms with van der Waals surface area (Å²) in [6, 6.07) is 5.10. The summed E-state index contributed by atoms with van der Waals surface area (Å²) in [5.74, 6) is -3.75. The van der Waals surface area contributed by atoms with Crippen LogP contribution in [0.15, 0.2) is 28.8 Å². The molecule has 3 aliphatic rings. The summed E-state index contributed by atoms with van der Waals surface area (Å²) >= 11 is 6.68. The van der Waals surface area contributed by atoms with Gasteiger partial charge in [-0.15, -0.1) is 0 Å². The van der Waals surface area contributed by atoms with E-state index in [4.69, 9.17) is 20.9 Å². The average molecular weight is 616 g/mol. The molecule has 12 heteroatoms. The number of aromatic nitrogens is 1. The molecule has 2 aromatic carbocycles. The molecule has 6 rings (SSSR count). The number of benzene rings is 2. The molecule has 1 saturated carbocycles. The molecule has 3 aromatic rings. The fourth-order valence-electron chi connectivity index (χ4n) is 6.90. The molecular weight excluding hydrogens is 584 g/mol. The molecule has 3 heterocycles. The van der Waals surface area contributed by atoms with Gasteiger partial charge in [0.15, 0.2) is 5.82 Å². The number of fused-ring (bicyclic) bond motifs is 2. The number of carbonyl (C=O) groups excluding carboxylic acids is 2. The third-order valence-electron chi connectivity index (χ3n) is 9.39. The highest BCUT2D eigenvalue weighted by atomic mass is 35.5. The van der Waals surface area contributed by atoms with E-state index in [2.05, 4.69) is 5.16 Å². The molecular formula is C31H32ClF2N3O6. The Labute approximate surface area is 251 Å². The molecule has 9 nitrogen and oxygen atoms in total. The van der Waals surface area contributed by atoms with E-state index in [1.807, 2.05) is 0 Å². The lowest BCUT2D eigenvalue weighted by molar-refractivity contribution is -0.162. The second-order valence-electron chi connectivity index (χ2n) is 11.9. The molecule has 228 valence electrons. The lowest BCUT2D eigenvalue weighted by atomic mass is 9.66. The molecule has 3 atom stereocenters. The van der Waals surface area contributed by atoms with Gasteiger partial charge in [-0.1, -0.05) is 29.6 Å². The Bertz CT molecular complexity index is 1610. The summed E-state index contributed by atoms with van der Waals surface area (Å²) in [6.07, 6.45) is 3.92. The standard InChI is InChI=1S/C31H32ClF2N3O6/c1-31(30(40)41)12-3-2-5-19(31)29(39)37-14-11-17-20(32)8-10-24(26(17)23(37)15-36-13-4-6-25(36)38)42-16-22-18-7-9-21(33)27(34)28(18)43-35-22/h7-10,19,23H,2-6,11-16H2,1H3,(H,40,41)/t19?,23-,31-/m1/s1. The SMILES string of the molecule is C[C@@]1(C(=O)O)CCCCC1C(=O)N1CCc2c(Cl)ccc(OCc3noc4c(F)c(F)ccc34)c2[C@H]1CN1CCCC1=O. The van der Waals surface area contributed by atoms with Crippen molar-refractivity contribution in [3.63, 3.8) is 0 Å². The van der Waals surface area contributed by atoms with Gasteiger partial charge in [-0.3, -0.25) is 14.4 Å². The number of ether oxygens (including phenoxy) is 1. The maximum Gasteiger partial charge on any atom is 0.310 e. The molecule has 2 fully saturated rings. The predicted octanol–water partition coefficient (Wildman–Crippen LogP) is 5.67. The van der Waals surface area contributed by atoms with Crippen LogP contribution in [-0.2, 0) is 27.4 Å². The molecule has 0 radical (unpaired) electrons. The number of carboxylic acids is 1. The average Bonchev–Trinajstić information content (AvgIpc) is 3.60. The van der Waals surface area contributed by atoms with Gasteiger partial charge in [0.05, 0.1) is 22.8 Å². The number of amides is 2. The van der Waals surface area contributed by atoms with Crippen LogP contribution in [-0.4, -0.2) is 57.5 Å². The van der Waals surface area contributed by atoms with Gasteiger partial charge in [0, 0.05) is 36.6 Å². The molecule has 1 N–H and O–H groups in total. The van der Waals surface area contributed by atoms with E-state index in [0.29, 0.717) is 61.5 Å². The van der Waals surface area contributed by atoms with E-state index in [0.717, 1.165) is 24.5 Å². The summed E-state index contributed by atoms with van der Waals surface area (Å²) in [5, 5.41) is 14.8. The molecule has 43 heavy (non-hydrogen) atoms. The zero-order valence-corrected chi connectivity index (χ0v) is 24.5. The number of aliphatic carboxylic acids is 1. The number of likely N-dealkylation sites (tertiary alicyclic amines) is 1. The number of carbonyl (C=O) groups is 3. The Morgan fingerprint density at radius 3 is 2.72 bits per heavy atom. The lowest BCUT2D eigenvalue weighted by Crippen LogP contribution is -2.52. The molecule has 0 spiro atoms. The van der Waals surface area contributed by atoms with Crippen LogP contribution in [0.2, 0.25) is 5.02 Å². The Balaban J connectivity index is 1.38. The van der Waals surface area contributed by atoms with Crippen molar-refractivity contribution in [3.05, 3.63) is 57.7 Å². The number of halogens is 3. The van der Waals surface area contributed by atoms with Crippen LogP contribution >= 0.6 is 11.6 Å². The maximum absolute atomic E-state index is 14.3. The van der Waals surface area contributed by atoms with Gasteiger partial charge >= 0.3 is 5.97 Å². The maximum atomic E-state index is 14.3. The van der Waals surface area contributed by atoms with E-state index in [1.165, 1.54) is 6.07 Å². The first-order chi connectivity index (χ1) is 20.6. The van der Waals surface area contributed by atoms with Crippen LogP contribution in [0, 0.1) is 23.0 Å². The summed E-state index contributed by atoms with van der Waals surface area (Å²) in [6.45, 7) is 2.58. The zero-order chi connectivity index (χ0) is 30.5. The molecule has 2 amide bonds. The topological polar surface area (TPSA) is 113 Å². The van der Waals surface area contributed by atoms with Crippen molar-refractivity contribution >= 4 is 40.4 Å². The van der Waals surface area contributed by atoms with Crippen molar-refractivity contribution in [2.24, 2.45) is 11.3 Å². The van der Waals surface area contributed by atoms with E-state index in [-0.39, 0.29) is 41.6 Å². The molecule has 0 bridgehead atoms. The Kier molecular flexibility index (Phi) is 7.78. The highest BCUT2D eigenvalue weighted by Crippen LogP contribution is 2.46. The van der Waals surface area contributed by atoms with Crippen LogP contribution in [0.25, 0.3) is 11.0 Å². The van der Waals surface area contributed by atoms with Crippen molar-refractivity contribution in [3.8, 4) is 5.75 Å². The molecule has 1 aromatic heterocycles. The summed E-state index contributed by atoms with van der Waals surface area (Å²) in [7, 11) is 0. The van der Waals surface area contributed by atoms with Crippen molar-refractivity contribution in [1.29, 1.82) is 0 Å². The molecule has 1 aliphatic carbocycles. The highest BCUT2D eigenvalue weighted by Gasteiger charge is 2.50. The van der Waals surface area contributed by atoms with Gasteiger partial charge < -0.3 is 24.2 Å². The van der Waals surface area contributed by atoms with Crippen molar-refractivity contribution < 1.29 is 37.5 Å². The zero-order valence-electron chi connectivity index (χ0n) is 23.7. The Morgan fingerprint density at radius 2 is 1.98 bits per heavy atom. The van der Waals surface area contributed by atoms with Gasteiger partial charge in [0.1, 0.15) is 18.1 Å². The summed E-state index contributed by atoms with van der Waals surface area (Å²) in [4.78, 5) is 42.9. The first kappa shape index (κ1) is 29.3. The first-order valence-corrected chi connectivity index (χ1v) is 15.0. The Morgan fingerprint density at radius 1 is 1.16 bits per heavy atom. The second-order valence-corrected chi connectivity index (χ2v) is 12.3. The van der Waals surface area contributed by atoms with Gasteiger partial charge in [-0.05, 0) is 62.4 Å². The third kappa shape index (κ3) is 5.11. The minimum Gasteiger partial charge on any atom is -0.487 e. The fraction of sp³-hybridized carbons (Fsp3) is 0.484. The Hall–Kier alpha value is -3.73. The largest absolute Gasteiger partial charge is 0.487 e. The monoisotopic (exact) mass is 615 g/mol. The molecule has 1 saturated heterocycles. The van der Waals surface area contributed by atoms with E-state index < -0.39 is 35.0 Å². The number of nitrogens with zero attached hydrogens (tertiary/aromatic N) is 3. The number of hydrogen-bond donors (Lipinski definition) is 1. The normalized spacial score (nSPS) is 24.0. The smallest absolute Gasteiger partial charge is 0.310 e. The van der Waals surface area contributed by atoms with Gasteiger partial charge in [-0.25, -0.2) is 4.39 Å². The number of rotatable bonds is 7. The van der Waals surface area contributed by atoms with Crippen LogP contribution in [0.1, 0.15) is 68.3 Å². The molecule has 2 aliphatic heterocycles. The van der Waals surface area contributed by atoms with Crippen molar-refractivity contribution in [2.75, 3.05) is 19.6 Å². The second kappa shape index (κ2) is 11.4. The summed E-state index contributed by atoms with van der Waals surface area (Å²) in [5.41, 5.74) is 0.173. The highest BCUT2D eigenvalue weighted by molar-refractivity contribution is 6.31. The predicted molar refractivity (Wildman–Crippen MR) is 151 cm³/mol. The van der Waals surface area contributed by atoms with E-state index in [1.54, 1.807) is 28.9 Å². The van der Waals surface area contributed by atoms with Crippen LogP contribution in [0.4, 0.5) is 8.78 Å². The summed E-state index contributed by atoms with van der Waals surface area (Å²) < 4.78 is 39.2. The number of carboxylic acid groups (broad SMARTS) is 1. The number of hydrogen-bond acceptors (Lipinski definition) is 6. The first-order valence-electron chi connectivity index (χ1n) is 14.6.